The Morgan fingerprint density at radius 3 is 2.60 bits per heavy atom. The lowest BCUT2D eigenvalue weighted by Gasteiger charge is -2.13. The minimum atomic E-state index is -4.74. The zero-order chi connectivity index (χ0) is 15.2. The van der Waals surface area contributed by atoms with Crippen LogP contribution in [0.3, 0.4) is 0 Å². The monoisotopic (exact) mass is 309 g/mol. The van der Waals surface area contributed by atoms with Crippen LogP contribution in [-0.2, 0) is 12.7 Å². The van der Waals surface area contributed by atoms with Gasteiger partial charge in [-0.05, 0) is 18.3 Å². The molecule has 9 heteroatoms. The van der Waals surface area contributed by atoms with Crippen molar-refractivity contribution in [2.24, 2.45) is 5.18 Å². The largest absolute Gasteiger partial charge is 0.419 e. The number of benzene rings is 1. The van der Waals surface area contributed by atoms with Gasteiger partial charge in [-0.3, -0.25) is 0 Å². The fraction of sp³-hybridized carbons (Fsp3) is 0.364. The third-order valence-corrected chi connectivity index (χ3v) is 2.60. The summed E-state index contributed by atoms with van der Waals surface area (Å²) in [4.78, 5) is 9.83. The normalized spacial score (nSPS) is 11.0. The predicted molar refractivity (Wildman–Crippen MR) is 69.5 cm³/mol. The van der Waals surface area contributed by atoms with E-state index in [1.807, 2.05) is 0 Å². The average Bonchev–Trinajstić information content (AvgIpc) is 2.36. The van der Waals surface area contributed by atoms with Gasteiger partial charge in [0.05, 0.1) is 12.1 Å². The first-order valence-electron chi connectivity index (χ1n) is 5.51. The number of nitrogens with zero attached hydrogens (tertiary/aromatic N) is 1. The lowest BCUT2D eigenvalue weighted by molar-refractivity contribution is -0.140. The molecule has 1 aromatic rings. The van der Waals surface area contributed by atoms with Crippen molar-refractivity contribution in [2.45, 2.75) is 12.7 Å². The number of thiocarbonyl (C=S) groups is 1. The Morgan fingerprint density at radius 2 is 2.00 bits per heavy atom. The van der Waals surface area contributed by atoms with E-state index in [4.69, 9.17) is 12.2 Å². The fourth-order valence-corrected chi connectivity index (χ4v) is 1.56. The van der Waals surface area contributed by atoms with Gasteiger partial charge >= 0.3 is 6.18 Å². The van der Waals surface area contributed by atoms with Crippen molar-refractivity contribution < 1.29 is 17.6 Å². The summed E-state index contributed by atoms with van der Waals surface area (Å²) in [6, 6.07) is 3.02. The van der Waals surface area contributed by atoms with Crippen LogP contribution >= 0.6 is 12.2 Å². The molecule has 0 fully saturated rings. The van der Waals surface area contributed by atoms with Crippen molar-refractivity contribution >= 4 is 17.3 Å². The van der Waals surface area contributed by atoms with Crippen LogP contribution in [0.5, 0.6) is 0 Å². The molecule has 2 N–H and O–H groups in total. The zero-order valence-electron chi connectivity index (χ0n) is 10.1. The molecule has 0 amide bonds. The second-order valence-electron chi connectivity index (χ2n) is 3.74. The summed E-state index contributed by atoms with van der Waals surface area (Å²) >= 11 is 4.81. The maximum atomic E-state index is 13.6. The molecular weight excluding hydrogens is 298 g/mol. The molecule has 0 heterocycles. The van der Waals surface area contributed by atoms with Crippen LogP contribution in [0, 0.1) is 10.7 Å². The SMILES string of the molecule is O=NCCNC(=S)NCc1cccc(C(F)(F)F)c1F. The molecule has 0 aliphatic carbocycles. The van der Waals surface area contributed by atoms with E-state index in [1.54, 1.807) is 0 Å². The van der Waals surface area contributed by atoms with Crippen molar-refractivity contribution in [2.75, 3.05) is 13.1 Å². The number of nitroso groups, excluding NO2 is 1. The zero-order valence-corrected chi connectivity index (χ0v) is 10.9. The van der Waals surface area contributed by atoms with Crippen molar-refractivity contribution in [1.29, 1.82) is 0 Å². The van der Waals surface area contributed by atoms with E-state index < -0.39 is 17.6 Å². The van der Waals surface area contributed by atoms with Gasteiger partial charge in [-0.15, -0.1) is 0 Å². The molecule has 0 bridgehead atoms. The Bertz CT molecular complexity index is 493. The van der Waals surface area contributed by atoms with Gasteiger partial charge in [0.25, 0.3) is 0 Å². The quantitative estimate of drug-likeness (QED) is 0.380. The average molecular weight is 309 g/mol. The van der Waals surface area contributed by atoms with Crippen molar-refractivity contribution in [3.8, 4) is 0 Å². The number of nitrogens with one attached hydrogen (secondary N) is 2. The van der Waals surface area contributed by atoms with E-state index in [0.29, 0.717) is 6.07 Å². The van der Waals surface area contributed by atoms with Gasteiger partial charge in [0.1, 0.15) is 5.82 Å². The summed E-state index contributed by atoms with van der Waals surface area (Å²) in [6.07, 6.45) is -4.74. The van der Waals surface area contributed by atoms with Crippen LogP contribution < -0.4 is 10.6 Å². The number of rotatable bonds is 5. The highest BCUT2D eigenvalue weighted by atomic mass is 32.1. The van der Waals surface area contributed by atoms with E-state index in [2.05, 4.69) is 15.8 Å². The Balaban J connectivity index is 2.65. The summed E-state index contributed by atoms with van der Waals surface area (Å²) in [6.45, 7) is -0.00372. The molecule has 0 saturated heterocycles. The van der Waals surface area contributed by atoms with Crippen molar-refractivity contribution in [3.63, 3.8) is 0 Å². The van der Waals surface area contributed by atoms with Gasteiger partial charge in [-0.1, -0.05) is 17.3 Å². The molecular formula is C11H11F4N3OS. The molecule has 0 radical (unpaired) electrons. The first-order valence-corrected chi connectivity index (χ1v) is 5.92. The third kappa shape index (κ3) is 4.72. The van der Waals surface area contributed by atoms with Crippen LogP contribution in [0.4, 0.5) is 17.6 Å². The summed E-state index contributed by atoms with van der Waals surface area (Å²) < 4.78 is 51.1. The molecule has 4 nitrogen and oxygen atoms in total. The van der Waals surface area contributed by atoms with Crippen LogP contribution in [-0.4, -0.2) is 18.2 Å². The van der Waals surface area contributed by atoms with Crippen LogP contribution in [0.25, 0.3) is 0 Å². The number of hydrogen-bond donors (Lipinski definition) is 2. The Morgan fingerprint density at radius 1 is 1.30 bits per heavy atom. The molecule has 0 saturated carbocycles. The summed E-state index contributed by atoms with van der Waals surface area (Å²) in [7, 11) is 0. The molecule has 0 aliphatic rings. The maximum Gasteiger partial charge on any atom is 0.419 e. The van der Waals surface area contributed by atoms with Gasteiger partial charge < -0.3 is 10.6 Å². The highest BCUT2D eigenvalue weighted by Crippen LogP contribution is 2.32. The molecule has 0 aromatic heterocycles. The number of hydrogen-bond acceptors (Lipinski definition) is 3. The maximum absolute atomic E-state index is 13.6. The van der Waals surface area contributed by atoms with Crippen LogP contribution in [0.1, 0.15) is 11.1 Å². The Kier molecular flexibility index (Phi) is 5.81. The van der Waals surface area contributed by atoms with Gasteiger partial charge in [0, 0.05) is 18.7 Å². The minimum Gasteiger partial charge on any atom is -0.361 e. The first kappa shape index (κ1) is 16.3. The summed E-state index contributed by atoms with van der Waals surface area (Å²) in [5.41, 5.74) is -1.47. The van der Waals surface area contributed by atoms with Gasteiger partial charge in [0.15, 0.2) is 5.11 Å². The highest BCUT2D eigenvalue weighted by Gasteiger charge is 2.34. The van der Waals surface area contributed by atoms with Gasteiger partial charge in [-0.25, -0.2) is 4.39 Å². The van der Waals surface area contributed by atoms with E-state index in [9.17, 15) is 22.5 Å². The summed E-state index contributed by atoms with van der Waals surface area (Å²) in [5.74, 6) is -1.33. The van der Waals surface area contributed by atoms with Gasteiger partial charge in [-0.2, -0.15) is 18.1 Å². The van der Waals surface area contributed by atoms with E-state index in [0.717, 1.165) is 6.07 Å². The van der Waals surface area contributed by atoms with Crippen molar-refractivity contribution in [3.05, 3.63) is 40.1 Å². The smallest absolute Gasteiger partial charge is 0.361 e. The van der Waals surface area contributed by atoms with Crippen LogP contribution in [0.2, 0.25) is 0 Å². The molecule has 0 unspecified atom stereocenters. The van der Waals surface area contributed by atoms with E-state index >= 15 is 0 Å². The van der Waals surface area contributed by atoms with Gasteiger partial charge in [0.2, 0.25) is 0 Å². The minimum absolute atomic E-state index is 0.000258. The number of halogens is 4. The molecule has 20 heavy (non-hydrogen) atoms. The Labute approximate surface area is 117 Å². The summed E-state index contributed by atoms with van der Waals surface area (Å²) in [5, 5.41) is 7.84. The molecule has 110 valence electrons. The third-order valence-electron chi connectivity index (χ3n) is 2.31. The predicted octanol–water partition coefficient (Wildman–Crippen LogP) is 2.58. The second kappa shape index (κ2) is 7.13. The topological polar surface area (TPSA) is 53.5 Å². The van der Waals surface area contributed by atoms with E-state index in [1.165, 1.54) is 6.07 Å². The molecule has 0 atom stereocenters. The van der Waals surface area contributed by atoms with Crippen LogP contribution in [0.15, 0.2) is 23.4 Å². The standard InChI is InChI=1S/C11H11F4N3OS/c12-9-7(2-1-3-8(9)11(13,14)15)6-17-10(20)16-4-5-18-19/h1-3H,4-6H2,(H2,16,17,20). The molecule has 0 aliphatic heterocycles. The fourth-order valence-electron chi connectivity index (χ4n) is 1.39. The molecule has 0 spiro atoms. The first-order chi connectivity index (χ1) is 9.36. The molecule has 1 rings (SSSR count). The lowest BCUT2D eigenvalue weighted by atomic mass is 10.1. The second-order valence-corrected chi connectivity index (χ2v) is 4.15. The Hall–Kier alpha value is -1.77. The number of alkyl halides is 3. The molecule has 1 aromatic carbocycles. The van der Waals surface area contributed by atoms with E-state index in [-0.39, 0.29) is 30.3 Å². The lowest BCUT2D eigenvalue weighted by Crippen LogP contribution is -2.36. The highest BCUT2D eigenvalue weighted by molar-refractivity contribution is 7.80. The van der Waals surface area contributed by atoms with Crippen molar-refractivity contribution in [1.82, 2.24) is 10.6 Å².